The highest BCUT2D eigenvalue weighted by Crippen LogP contribution is 2.20. The Morgan fingerprint density at radius 1 is 0.964 bits per heavy atom. The summed E-state index contributed by atoms with van der Waals surface area (Å²) in [6.07, 6.45) is 3.76. The van der Waals surface area contributed by atoms with Gasteiger partial charge in [0.2, 0.25) is 11.8 Å². The summed E-state index contributed by atoms with van der Waals surface area (Å²) in [5.74, 6) is -0.125. The molecule has 0 saturated heterocycles. The molecule has 1 N–H and O–H groups in total. The van der Waals surface area contributed by atoms with E-state index in [0.717, 1.165) is 23.7 Å². The molecule has 1 aromatic heterocycles. The zero-order chi connectivity index (χ0) is 19.8. The van der Waals surface area contributed by atoms with Gasteiger partial charge in [0.05, 0.1) is 11.2 Å². The highest BCUT2D eigenvalue weighted by atomic mass is 16.2. The third kappa shape index (κ3) is 5.39. The molecule has 5 nitrogen and oxygen atoms in total. The molecule has 0 aliphatic heterocycles. The van der Waals surface area contributed by atoms with Crippen molar-refractivity contribution >= 4 is 28.4 Å². The van der Waals surface area contributed by atoms with Gasteiger partial charge in [-0.2, -0.15) is 0 Å². The average molecular weight is 375 g/mol. The minimum Gasteiger partial charge on any atom is -0.342 e. The fourth-order valence-electron chi connectivity index (χ4n) is 3.20. The van der Waals surface area contributed by atoms with Gasteiger partial charge in [0, 0.05) is 38.0 Å². The van der Waals surface area contributed by atoms with E-state index in [1.54, 1.807) is 18.0 Å². The van der Waals surface area contributed by atoms with Crippen molar-refractivity contribution in [1.82, 2.24) is 9.88 Å². The number of hydrogen-bond donors (Lipinski definition) is 1. The lowest BCUT2D eigenvalue weighted by Gasteiger charge is -2.21. The number of hydrogen-bond acceptors (Lipinski definition) is 3. The van der Waals surface area contributed by atoms with E-state index in [-0.39, 0.29) is 18.2 Å². The summed E-state index contributed by atoms with van der Waals surface area (Å²) in [6.45, 7) is 2.61. The highest BCUT2D eigenvalue weighted by Gasteiger charge is 2.12. The summed E-state index contributed by atoms with van der Waals surface area (Å²) < 4.78 is 0. The summed E-state index contributed by atoms with van der Waals surface area (Å²) >= 11 is 0. The first-order valence-electron chi connectivity index (χ1n) is 9.56. The molecule has 0 fully saturated rings. The Labute approximate surface area is 165 Å². The standard InChI is InChI=1S/C23H25N3O2/c1-18(27)26(16-7-10-19-8-3-2-4-9-19)17-14-22(28)25-21-13-5-11-20-12-6-15-24-23(20)21/h2-6,8-9,11-13,15H,7,10,14,16-17H2,1H3,(H,25,28). The van der Waals surface area contributed by atoms with Crippen LogP contribution in [0.1, 0.15) is 25.3 Å². The fourth-order valence-corrected chi connectivity index (χ4v) is 3.20. The molecule has 2 aromatic carbocycles. The van der Waals surface area contributed by atoms with Crippen LogP contribution in [0.5, 0.6) is 0 Å². The lowest BCUT2D eigenvalue weighted by molar-refractivity contribution is -0.129. The number of benzene rings is 2. The molecule has 28 heavy (non-hydrogen) atoms. The van der Waals surface area contributed by atoms with Crippen LogP contribution in [0.4, 0.5) is 5.69 Å². The zero-order valence-corrected chi connectivity index (χ0v) is 16.1. The SMILES string of the molecule is CC(=O)N(CCCc1ccccc1)CCC(=O)Nc1cccc2cccnc12. The van der Waals surface area contributed by atoms with E-state index in [2.05, 4.69) is 22.4 Å². The Morgan fingerprint density at radius 2 is 1.75 bits per heavy atom. The number of aromatic nitrogens is 1. The molecule has 0 bridgehead atoms. The van der Waals surface area contributed by atoms with Crippen molar-refractivity contribution in [1.29, 1.82) is 0 Å². The minimum atomic E-state index is -0.118. The van der Waals surface area contributed by atoms with E-state index in [9.17, 15) is 9.59 Å². The van der Waals surface area contributed by atoms with E-state index in [4.69, 9.17) is 0 Å². The van der Waals surface area contributed by atoms with Gasteiger partial charge in [0.15, 0.2) is 0 Å². The summed E-state index contributed by atoms with van der Waals surface area (Å²) in [4.78, 5) is 30.4. The zero-order valence-electron chi connectivity index (χ0n) is 16.1. The van der Waals surface area contributed by atoms with Crippen LogP contribution in [0.2, 0.25) is 0 Å². The van der Waals surface area contributed by atoms with Gasteiger partial charge >= 0.3 is 0 Å². The number of amides is 2. The van der Waals surface area contributed by atoms with Gasteiger partial charge in [-0.25, -0.2) is 0 Å². The molecule has 0 radical (unpaired) electrons. The summed E-state index contributed by atoms with van der Waals surface area (Å²) in [7, 11) is 0. The van der Waals surface area contributed by atoms with E-state index in [1.165, 1.54) is 5.56 Å². The molecule has 0 unspecified atom stereocenters. The van der Waals surface area contributed by atoms with Crippen LogP contribution in [-0.4, -0.2) is 34.8 Å². The van der Waals surface area contributed by atoms with Gasteiger partial charge in [-0.3, -0.25) is 14.6 Å². The second kappa shape index (κ2) is 9.65. The van der Waals surface area contributed by atoms with Crippen molar-refractivity contribution in [2.75, 3.05) is 18.4 Å². The van der Waals surface area contributed by atoms with Crippen molar-refractivity contribution in [3.8, 4) is 0 Å². The first-order valence-corrected chi connectivity index (χ1v) is 9.56. The second-order valence-electron chi connectivity index (χ2n) is 6.77. The van der Waals surface area contributed by atoms with E-state index in [1.807, 2.05) is 48.5 Å². The number of rotatable bonds is 8. The topological polar surface area (TPSA) is 62.3 Å². The van der Waals surface area contributed by atoms with Crippen molar-refractivity contribution in [2.45, 2.75) is 26.2 Å². The molecule has 0 atom stereocenters. The van der Waals surface area contributed by atoms with Crippen LogP contribution in [0.15, 0.2) is 66.9 Å². The van der Waals surface area contributed by atoms with Crippen molar-refractivity contribution < 1.29 is 9.59 Å². The van der Waals surface area contributed by atoms with Crippen molar-refractivity contribution in [3.63, 3.8) is 0 Å². The Hall–Kier alpha value is -3.21. The Balaban J connectivity index is 1.51. The summed E-state index contributed by atoms with van der Waals surface area (Å²) in [5, 5.41) is 3.90. The summed E-state index contributed by atoms with van der Waals surface area (Å²) in [6, 6.07) is 19.7. The third-order valence-corrected chi connectivity index (χ3v) is 4.70. The maximum Gasteiger partial charge on any atom is 0.226 e. The molecule has 144 valence electrons. The largest absolute Gasteiger partial charge is 0.342 e. The van der Waals surface area contributed by atoms with Crippen LogP contribution in [0.3, 0.4) is 0 Å². The molecule has 0 aliphatic rings. The Kier molecular flexibility index (Phi) is 6.73. The molecule has 2 amide bonds. The number of carbonyl (C=O) groups excluding carboxylic acids is 2. The van der Waals surface area contributed by atoms with Gasteiger partial charge < -0.3 is 10.2 Å². The van der Waals surface area contributed by atoms with E-state index >= 15 is 0 Å². The molecule has 0 saturated carbocycles. The lowest BCUT2D eigenvalue weighted by Crippen LogP contribution is -2.33. The number of aryl methyl sites for hydroxylation is 1. The van der Waals surface area contributed by atoms with Gasteiger partial charge in [-0.15, -0.1) is 0 Å². The molecular weight excluding hydrogens is 350 g/mol. The van der Waals surface area contributed by atoms with Gasteiger partial charge in [-0.1, -0.05) is 48.5 Å². The van der Waals surface area contributed by atoms with E-state index < -0.39 is 0 Å². The van der Waals surface area contributed by atoms with Gasteiger partial charge in [-0.05, 0) is 30.5 Å². The summed E-state index contributed by atoms with van der Waals surface area (Å²) in [5.41, 5.74) is 2.72. The second-order valence-corrected chi connectivity index (χ2v) is 6.77. The first kappa shape index (κ1) is 19.5. The molecule has 0 aliphatic carbocycles. The molecule has 1 heterocycles. The first-order chi connectivity index (χ1) is 13.6. The molecule has 3 aromatic rings. The normalized spacial score (nSPS) is 10.6. The van der Waals surface area contributed by atoms with Crippen molar-refractivity contribution in [2.24, 2.45) is 0 Å². The highest BCUT2D eigenvalue weighted by molar-refractivity contribution is 6.00. The van der Waals surface area contributed by atoms with Crippen LogP contribution < -0.4 is 5.32 Å². The number of fused-ring (bicyclic) bond motifs is 1. The number of carbonyl (C=O) groups is 2. The van der Waals surface area contributed by atoms with E-state index in [0.29, 0.717) is 18.8 Å². The lowest BCUT2D eigenvalue weighted by atomic mass is 10.1. The van der Waals surface area contributed by atoms with Crippen LogP contribution in [0, 0.1) is 0 Å². The van der Waals surface area contributed by atoms with Crippen LogP contribution in [-0.2, 0) is 16.0 Å². The van der Waals surface area contributed by atoms with Gasteiger partial charge in [0.1, 0.15) is 0 Å². The third-order valence-electron chi connectivity index (χ3n) is 4.70. The molecule has 3 rings (SSSR count). The number of anilines is 1. The number of nitrogens with zero attached hydrogens (tertiary/aromatic N) is 2. The maximum atomic E-state index is 12.4. The Morgan fingerprint density at radius 3 is 2.54 bits per heavy atom. The van der Waals surface area contributed by atoms with Crippen LogP contribution in [0.25, 0.3) is 10.9 Å². The number of para-hydroxylation sites is 1. The number of pyridine rings is 1. The van der Waals surface area contributed by atoms with Crippen molar-refractivity contribution in [3.05, 3.63) is 72.4 Å². The quantitative estimate of drug-likeness (QED) is 0.646. The number of nitrogens with one attached hydrogen (secondary N) is 1. The molecule has 5 heteroatoms. The predicted octanol–water partition coefficient (Wildman–Crippen LogP) is 4.04. The molecule has 0 spiro atoms. The van der Waals surface area contributed by atoms with Crippen LogP contribution >= 0.6 is 0 Å². The average Bonchev–Trinajstić information content (AvgIpc) is 2.71. The predicted molar refractivity (Wildman–Crippen MR) is 112 cm³/mol. The smallest absolute Gasteiger partial charge is 0.226 e. The maximum absolute atomic E-state index is 12.4. The Bertz CT molecular complexity index is 935. The fraction of sp³-hybridized carbons (Fsp3) is 0.261. The monoisotopic (exact) mass is 375 g/mol. The minimum absolute atomic E-state index is 0.00677. The molecular formula is C23H25N3O2. The van der Waals surface area contributed by atoms with Gasteiger partial charge in [0.25, 0.3) is 0 Å².